The summed E-state index contributed by atoms with van der Waals surface area (Å²) >= 11 is 0. The number of rotatable bonds is 7. The Hall–Kier alpha value is -2.90. The molecule has 0 atom stereocenters. The first-order valence-corrected chi connectivity index (χ1v) is 15.2. The van der Waals surface area contributed by atoms with E-state index in [0.717, 1.165) is 25.7 Å². The van der Waals surface area contributed by atoms with Crippen LogP contribution in [-0.4, -0.2) is 83.4 Å². The van der Waals surface area contributed by atoms with Crippen LogP contribution in [0.4, 0.5) is 20.5 Å². The number of hydrogen-bond acceptors (Lipinski definition) is 8. The number of imidazole rings is 1. The van der Waals surface area contributed by atoms with Gasteiger partial charge in [0.15, 0.2) is 5.82 Å². The van der Waals surface area contributed by atoms with Gasteiger partial charge in [-0.05, 0) is 50.2 Å². The van der Waals surface area contributed by atoms with Gasteiger partial charge >= 0.3 is 0 Å². The van der Waals surface area contributed by atoms with Crippen molar-refractivity contribution in [2.45, 2.75) is 44.6 Å². The summed E-state index contributed by atoms with van der Waals surface area (Å²) in [6.07, 6.45) is 1.46. The number of nitrogens with one attached hydrogen (secondary N) is 1. The second-order valence-electron chi connectivity index (χ2n) is 10.4. The largest absolute Gasteiger partial charge is 0.378 e. The second kappa shape index (κ2) is 10.9. The lowest BCUT2D eigenvalue weighted by Gasteiger charge is -2.33. The van der Waals surface area contributed by atoms with Crippen LogP contribution >= 0.6 is 0 Å². The normalized spacial score (nSPS) is 24.0. The van der Waals surface area contributed by atoms with Crippen molar-refractivity contribution in [2.75, 3.05) is 55.4 Å². The van der Waals surface area contributed by atoms with Crippen LogP contribution in [0.5, 0.6) is 0 Å². The van der Waals surface area contributed by atoms with Crippen LogP contribution < -0.4 is 10.2 Å². The molecule has 0 radical (unpaired) electrons. The van der Waals surface area contributed by atoms with Crippen molar-refractivity contribution in [3.63, 3.8) is 0 Å². The average molecular weight is 562 g/mol. The Labute approximate surface area is 226 Å². The number of nitrogens with zero attached hydrogens (tertiary/aromatic N) is 6. The van der Waals surface area contributed by atoms with Gasteiger partial charge in [-0.2, -0.15) is 14.3 Å². The van der Waals surface area contributed by atoms with Crippen LogP contribution in [0.2, 0.25) is 0 Å². The summed E-state index contributed by atoms with van der Waals surface area (Å²) in [5.41, 5.74) is 1.03. The quantitative estimate of drug-likeness (QED) is 0.467. The molecule has 3 aromatic rings. The molecule has 1 aromatic carbocycles. The highest BCUT2D eigenvalue weighted by molar-refractivity contribution is 7.89. The van der Waals surface area contributed by atoms with Crippen LogP contribution in [0.3, 0.4) is 0 Å². The van der Waals surface area contributed by atoms with Crippen LogP contribution in [0.15, 0.2) is 30.3 Å². The van der Waals surface area contributed by atoms with Gasteiger partial charge in [-0.3, -0.25) is 4.57 Å². The number of anilines is 2. The van der Waals surface area contributed by atoms with Crippen molar-refractivity contribution in [3.05, 3.63) is 36.2 Å². The van der Waals surface area contributed by atoms with Gasteiger partial charge in [0.1, 0.15) is 11.6 Å². The molecule has 3 aliphatic rings. The predicted molar refractivity (Wildman–Crippen MR) is 144 cm³/mol. The van der Waals surface area contributed by atoms with Gasteiger partial charge < -0.3 is 15.0 Å². The van der Waals surface area contributed by atoms with Crippen molar-refractivity contribution in [1.82, 2.24) is 23.8 Å². The highest BCUT2D eigenvalue weighted by Gasteiger charge is 2.36. The van der Waals surface area contributed by atoms with Gasteiger partial charge in [-0.15, -0.1) is 0 Å². The molecule has 2 aromatic heterocycles. The number of fused-ring (bicyclic) bond motifs is 1. The topological polar surface area (TPSA) is 105 Å². The summed E-state index contributed by atoms with van der Waals surface area (Å²) < 4.78 is 61.4. The fourth-order valence-corrected chi connectivity index (χ4v) is 7.72. The standard InChI is InChI=1S/C26H33F2N7O3S/c27-24(28)25-30-20-4-1-2-5-21(20)35(25)23-16-22(31-26(32-23)33-11-13-38-14-12-33)29-17-18-6-8-19(9-7-18)34-10-3-15-39(34,36)37/h1-2,4-5,16,18-19,24H,3,6-15,17H2,(H,29,31,32). The summed E-state index contributed by atoms with van der Waals surface area (Å²) in [6, 6.07) is 8.83. The molecule has 0 unspecified atom stereocenters. The van der Waals surface area contributed by atoms with E-state index in [1.165, 1.54) is 4.57 Å². The van der Waals surface area contributed by atoms with Crippen LogP contribution in [0.25, 0.3) is 16.9 Å². The molecule has 39 heavy (non-hydrogen) atoms. The Balaban J connectivity index is 1.24. The maximum atomic E-state index is 14.1. The molecule has 10 nitrogen and oxygen atoms in total. The fraction of sp³-hybridized carbons (Fsp3) is 0.577. The van der Waals surface area contributed by atoms with Crippen LogP contribution in [0.1, 0.15) is 44.4 Å². The van der Waals surface area contributed by atoms with Crippen molar-refractivity contribution < 1.29 is 21.9 Å². The molecule has 0 spiro atoms. The van der Waals surface area contributed by atoms with E-state index in [9.17, 15) is 17.2 Å². The zero-order valence-corrected chi connectivity index (χ0v) is 22.5. The molecular formula is C26H33F2N7O3S. The van der Waals surface area contributed by atoms with E-state index in [0.29, 0.717) is 80.3 Å². The number of aromatic nitrogens is 4. The first kappa shape index (κ1) is 26.3. The molecule has 0 amide bonds. The number of ether oxygens (including phenoxy) is 1. The number of para-hydroxylation sites is 2. The second-order valence-corrected chi connectivity index (χ2v) is 12.5. The van der Waals surface area contributed by atoms with Crippen LogP contribution in [-0.2, 0) is 14.8 Å². The number of halogens is 2. The SMILES string of the molecule is O=S1(=O)CCCN1C1CCC(CNc2cc(-n3c(C(F)F)nc4ccccc43)nc(N3CCOCC3)n2)CC1. The highest BCUT2D eigenvalue weighted by atomic mass is 32.2. The fourth-order valence-electron chi connectivity index (χ4n) is 5.92. The van der Waals surface area contributed by atoms with E-state index in [1.54, 1.807) is 34.6 Å². The molecule has 4 heterocycles. The Kier molecular flexibility index (Phi) is 7.38. The summed E-state index contributed by atoms with van der Waals surface area (Å²) in [5.74, 6) is 1.62. The number of sulfonamides is 1. The zero-order chi connectivity index (χ0) is 27.0. The number of morpholine rings is 1. The first-order valence-electron chi connectivity index (χ1n) is 13.6. The molecule has 1 N–H and O–H groups in total. The maximum absolute atomic E-state index is 14.1. The number of benzene rings is 1. The predicted octanol–water partition coefficient (Wildman–Crippen LogP) is 3.60. The highest BCUT2D eigenvalue weighted by Crippen LogP contribution is 2.32. The van der Waals surface area contributed by atoms with Gasteiger partial charge in [-0.1, -0.05) is 12.1 Å². The smallest absolute Gasteiger partial charge is 0.296 e. The average Bonchev–Trinajstić information content (AvgIpc) is 3.52. The zero-order valence-electron chi connectivity index (χ0n) is 21.7. The first-order chi connectivity index (χ1) is 18.9. The third kappa shape index (κ3) is 5.44. The van der Waals surface area contributed by atoms with Crippen molar-refractivity contribution in [3.8, 4) is 5.82 Å². The minimum atomic E-state index is -3.10. The third-order valence-corrected chi connectivity index (χ3v) is 9.94. The Morgan fingerprint density at radius 3 is 2.51 bits per heavy atom. The molecule has 210 valence electrons. The summed E-state index contributed by atoms with van der Waals surface area (Å²) in [7, 11) is -3.10. The molecule has 2 aliphatic heterocycles. The van der Waals surface area contributed by atoms with E-state index in [-0.39, 0.29) is 17.6 Å². The molecular weight excluding hydrogens is 528 g/mol. The lowest BCUT2D eigenvalue weighted by molar-refractivity contribution is 0.122. The summed E-state index contributed by atoms with van der Waals surface area (Å²) in [4.78, 5) is 15.6. The van der Waals surface area contributed by atoms with Gasteiger partial charge in [-0.25, -0.2) is 22.2 Å². The van der Waals surface area contributed by atoms with Crippen LogP contribution in [0, 0.1) is 5.92 Å². The van der Waals surface area contributed by atoms with E-state index >= 15 is 0 Å². The van der Waals surface area contributed by atoms with E-state index in [1.807, 2.05) is 4.90 Å². The van der Waals surface area contributed by atoms with Gasteiger partial charge in [0.25, 0.3) is 6.43 Å². The summed E-state index contributed by atoms with van der Waals surface area (Å²) in [5, 5.41) is 3.43. The molecule has 0 bridgehead atoms. The molecule has 13 heteroatoms. The van der Waals surface area contributed by atoms with Crippen molar-refractivity contribution >= 4 is 32.8 Å². The Bertz CT molecular complexity index is 1420. The summed E-state index contributed by atoms with van der Waals surface area (Å²) in [6.45, 7) is 3.60. The molecule has 2 saturated heterocycles. The van der Waals surface area contributed by atoms with Crippen molar-refractivity contribution in [1.29, 1.82) is 0 Å². The Morgan fingerprint density at radius 1 is 1.03 bits per heavy atom. The lowest BCUT2D eigenvalue weighted by atomic mass is 9.86. The van der Waals surface area contributed by atoms with E-state index < -0.39 is 16.4 Å². The minimum absolute atomic E-state index is 0.0922. The van der Waals surface area contributed by atoms with E-state index in [4.69, 9.17) is 14.7 Å². The lowest BCUT2D eigenvalue weighted by Crippen LogP contribution is -2.40. The third-order valence-electron chi connectivity index (χ3n) is 7.94. The number of hydrogen-bond donors (Lipinski definition) is 1. The molecule has 6 rings (SSSR count). The molecule has 3 fully saturated rings. The van der Waals surface area contributed by atoms with Gasteiger partial charge in [0.05, 0.1) is 30.0 Å². The molecule has 1 aliphatic carbocycles. The Morgan fingerprint density at radius 2 is 1.79 bits per heavy atom. The maximum Gasteiger partial charge on any atom is 0.296 e. The minimum Gasteiger partial charge on any atom is -0.378 e. The molecule has 1 saturated carbocycles. The number of alkyl halides is 2. The van der Waals surface area contributed by atoms with Gasteiger partial charge in [0, 0.05) is 38.3 Å². The van der Waals surface area contributed by atoms with Crippen molar-refractivity contribution in [2.24, 2.45) is 5.92 Å². The van der Waals surface area contributed by atoms with Gasteiger partial charge in [0.2, 0.25) is 16.0 Å². The van der Waals surface area contributed by atoms with E-state index in [2.05, 4.69) is 10.3 Å². The monoisotopic (exact) mass is 561 g/mol.